The molecule has 0 spiro atoms. The molecule has 2 aliphatic heterocycles. The van der Waals surface area contributed by atoms with Crippen LogP contribution in [-0.2, 0) is 10.2 Å². The number of hydrogen-bond acceptors (Lipinski definition) is 4. The van der Waals surface area contributed by atoms with Gasteiger partial charge in [0.15, 0.2) is 0 Å². The van der Waals surface area contributed by atoms with Crippen molar-refractivity contribution in [2.75, 3.05) is 20.1 Å². The van der Waals surface area contributed by atoms with Gasteiger partial charge in [0.1, 0.15) is 5.70 Å². The van der Waals surface area contributed by atoms with Crippen molar-refractivity contribution in [3.05, 3.63) is 82.6 Å². The standard InChI is InChI=1S/C26H28N4O/c1-18-4-10-21(11-5-18)26(2)16-23(30-14-12-22(28-3)13-15-30)25(31)29-24(26)20-8-6-19(17-27)7-9-20/h4-11,16,22,28H,12-15H2,1-3H3. The van der Waals surface area contributed by atoms with Gasteiger partial charge in [0.25, 0.3) is 5.91 Å². The largest absolute Gasteiger partial charge is 0.367 e. The molecule has 0 aliphatic carbocycles. The van der Waals surface area contributed by atoms with Gasteiger partial charge < -0.3 is 10.2 Å². The van der Waals surface area contributed by atoms with Gasteiger partial charge in [-0.25, -0.2) is 4.99 Å². The van der Waals surface area contributed by atoms with Crippen LogP contribution in [-0.4, -0.2) is 42.7 Å². The molecule has 0 saturated carbocycles. The first kappa shape index (κ1) is 21.0. The fraction of sp³-hybridized carbons (Fsp3) is 0.346. The number of carbonyl (C=O) groups is 1. The van der Waals surface area contributed by atoms with Crippen LogP contribution in [0.2, 0.25) is 0 Å². The van der Waals surface area contributed by atoms with Gasteiger partial charge in [-0.1, -0.05) is 42.0 Å². The van der Waals surface area contributed by atoms with Gasteiger partial charge in [0.05, 0.1) is 22.8 Å². The maximum atomic E-state index is 13.2. The van der Waals surface area contributed by atoms with Crippen LogP contribution in [0.25, 0.3) is 0 Å². The SMILES string of the molecule is CNC1CCN(C2=CC(C)(c3ccc(C)cc3)C(c3ccc(C#N)cc3)=NC2=O)CC1. The number of nitrogens with one attached hydrogen (secondary N) is 1. The first-order chi connectivity index (χ1) is 14.9. The van der Waals surface area contributed by atoms with E-state index in [9.17, 15) is 4.79 Å². The number of hydrogen-bond donors (Lipinski definition) is 1. The van der Waals surface area contributed by atoms with Crippen LogP contribution in [0.15, 0.2) is 65.3 Å². The number of nitrogens with zero attached hydrogens (tertiary/aromatic N) is 3. The molecule has 5 heteroatoms. The predicted molar refractivity (Wildman–Crippen MR) is 123 cm³/mol. The molecule has 2 aromatic carbocycles. The summed E-state index contributed by atoms with van der Waals surface area (Å²) in [4.78, 5) is 20.0. The third-order valence-corrected chi connectivity index (χ3v) is 6.53. The molecule has 0 radical (unpaired) electrons. The van der Waals surface area contributed by atoms with Crippen molar-refractivity contribution in [3.63, 3.8) is 0 Å². The first-order valence-electron chi connectivity index (χ1n) is 10.8. The summed E-state index contributed by atoms with van der Waals surface area (Å²) in [5, 5.41) is 12.5. The number of likely N-dealkylation sites (tertiary alicyclic amines) is 1. The van der Waals surface area contributed by atoms with E-state index in [0.717, 1.165) is 42.8 Å². The van der Waals surface area contributed by atoms with E-state index in [-0.39, 0.29) is 5.91 Å². The lowest BCUT2D eigenvalue weighted by molar-refractivity contribution is -0.116. The molecule has 1 atom stereocenters. The normalized spacial score (nSPS) is 22.0. The summed E-state index contributed by atoms with van der Waals surface area (Å²) in [5.41, 5.74) is 4.59. The highest BCUT2D eigenvalue weighted by Gasteiger charge is 2.39. The lowest BCUT2D eigenvalue weighted by Gasteiger charge is -2.39. The third kappa shape index (κ3) is 4.04. The van der Waals surface area contributed by atoms with Crippen molar-refractivity contribution < 1.29 is 4.79 Å². The lowest BCUT2D eigenvalue weighted by Crippen LogP contribution is -2.45. The second-order valence-electron chi connectivity index (χ2n) is 8.60. The van der Waals surface area contributed by atoms with Crippen LogP contribution >= 0.6 is 0 Å². The molecular formula is C26H28N4O. The van der Waals surface area contributed by atoms with E-state index >= 15 is 0 Å². The molecule has 0 bridgehead atoms. The quantitative estimate of drug-likeness (QED) is 0.831. The van der Waals surface area contributed by atoms with E-state index in [1.807, 2.05) is 19.2 Å². The number of aryl methyl sites for hydroxylation is 1. The minimum absolute atomic E-state index is 0.188. The Morgan fingerprint density at radius 3 is 2.32 bits per heavy atom. The van der Waals surface area contributed by atoms with E-state index in [0.29, 0.717) is 17.3 Å². The van der Waals surface area contributed by atoms with E-state index < -0.39 is 5.41 Å². The number of dihydropyridines is 1. The van der Waals surface area contributed by atoms with Crippen LogP contribution in [0.5, 0.6) is 0 Å². The van der Waals surface area contributed by atoms with E-state index in [2.05, 4.69) is 65.5 Å². The molecule has 1 N–H and O–H groups in total. The summed E-state index contributed by atoms with van der Waals surface area (Å²) in [7, 11) is 1.99. The fourth-order valence-electron chi connectivity index (χ4n) is 4.50. The zero-order valence-electron chi connectivity index (χ0n) is 18.4. The maximum absolute atomic E-state index is 13.2. The van der Waals surface area contributed by atoms with Crippen LogP contribution in [0.1, 0.15) is 42.0 Å². The Kier molecular flexibility index (Phi) is 5.75. The summed E-state index contributed by atoms with van der Waals surface area (Å²) >= 11 is 0. The van der Waals surface area contributed by atoms with Gasteiger partial charge in [-0.05, 0) is 63.1 Å². The minimum Gasteiger partial charge on any atom is -0.367 e. The number of nitriles is 1. The van der Waals surface area contributed by atoms with Crippen molar-refractivity contribution >= 4 is 11.6 Å². The number of carbonyl (C=O) groups excluding carboxylic acids is 1. The molecule has 4 rings (SSSR count). The molecule has 158 valence electrons. The number of benzene rings is 2. The fourth-order valence-corrected chi connectivity index (χ4v) is 4.50. The Morgan fingerprint density at radius 2 is 1.74 bits per heavy atom. The molecule has 2 aromatic rings. The second kappa shape index (κ2) is 8.49. The molecule has 0 aromatic heterocycles. The van der Waals surface area contributed by atoms with Gasteiger partial charge in [-0.3, -0.25) is 4.79 Å². The zero-order valence-corrected chi connectivity index (χ0v) is 18.4. The van der Waals surface area contributed by atoms with E-state index in [1.54, 1.807) is 12.1 Å². The average molecular weight is 413 g/mol. The van der Waals surface area contributed by atoms with Gasteiger partial charge in [0, 0.05) is 19.1 Å². The molecule has 1 amide bonds. The van der Waals surface area contributed by atoms with Crippen LogP contribution in [0, 0.1) is 18.3 Å². The molecule has 1 unspecified atom stereocenters. The first-order valence-corrected chi connectivity index (χ1v) is 10.8. The van der Waals surface area contributed by atoms with Gasteiger partial charge >= 0.3 is 0 Å². The Hall–Kier alpha value is -3.23. The molecule has 5 nitrogen and oxygen atoms in total. The van der Waals surface area contributed by atoms with E-state index in [1.165, 1.54) is 5.56 Å². The topological polar surface area (TPSA) is 68.5 Å². The predicted octanol–water partition coefficient (Wildman–Crippen LogP) is 3.72. The summed E-state index contributed by atoms with van der Waals surface area (Å²) in [6.45, 7) is 5.88. The van der Waals surface area contributed by atoms with Gasteiger partial charge in [0.2, 0.25) is 0 Å². The summed E-state index contributed by atoms with van der Waals surface area (Å²) in [6, 6.07) is 18.4. The number of rotatable bonds is 4. The molecule has 1 fully saturated rings. The molecule has 1 saturated heterocycles. The number of allylic oxidation sites excluding steroid dienone is 1. The maximum Gasteiger partial charge on any atom is 0.293 e. The molecular weight excluding hydrogens is 384 g/mol. The summed E-state index contributed by atoms with van der Waals surface area (Å²) in [5.74, 6) is -0.188. The average Bonchev–Trinajstić information content (AvgIpc) is 2.81. The summed E-state index contributed by atoms with van der Waals surface area (Å²) < 4.78 is 0. The van der Waals surface area contributed by atoms with Crippen molar-refractivity contribution in [1.82, 2.24) is 10.2 Å². The monoisotopic (exact) mass is 412 g/mol. The molecule has 2 heterocycles. The Labute approximate surface area is 184 Å². The highest BCUT2D eigenvalue weighted by atomic mass is 16.1. The summed E-state index contributed by atoms with van der Waals surface area (Å²) in [6.07, 6.45) is 4.11. The van der Waals surface area contributed by atoms with Crippen LogP contribution in [0.4, 0.5) is 0 Å². The number of amides is 1. The molecule has 31 heavy (non-hydrogen) atoms. The minimum atomic E-state index is -0.551. The highest BCUT2D eigenvalue weighted by molar-refractivity contribution is 6.18. The highest BCUT2D eigenvalue weighted by Crippen LogP contribution is 2.36. The smallest absolute Gasteiger partial charge is 0.293 e. The Morgan fingerprint density at radius 1 is 1.10 bits per heavy atom. The Bertz CT molecular complexity index is 1070. The third-order valence-electron chi connectivity index (χ3n) is 6.53. The zero-order chi connectivity index (χ0) is 22.0. The lowest BCUT2D eigenvalue weighted by atomic mass is 9.73. The van der Waals surface area contributed by atoms with Crippen molar-refractivity contribution in [3.8, 4) is 6.07 Å². The molecule has 2 aliphatic rings. The number of piperidine rings is 1. The van der Waals surface area contributed by atoms with Gasteiger partial charge in [-0.2, -0.15) is 5.26 Å². The van der Waals surface area contributed by atoms with Crippen LogP contribution in [0.3, 0.4) is 0 Å². The van der Waals surface area contributed by atoms with Crippen molar-refractivity contribution in [2.45, 2.75) is 38.1 Å². The van der Waals surface area contributed by atoms with E-state index in [4.69, 9.17) is 5.26 Å². The number of aliphatic imine (C=N–C) groups is 1. The second-order valence-corrected chi connectivity index (χ2v) is 8.60. The van der Waals surface area contributed by atoms with Crippen molar-refractivity contribution in [1.29, 1.82) is 5.26 Å². The van der Waals surface area contributed by atoms with Crippen LogP contribution < -0.4 is 5.32 Å². The Balaban J connectivity index is 1.77. The van der Waals surface area contributed by atoms with Gasteiger partial charge in [-0.15, -0.1) is 0 Å². The van der Waals surface area contributed by atoms with Crippen molar-refractivity contribution in [2.24, 2.45) is 4.99 Å².